The monoisotopic (exact) mass is 546 g/mol. The summed E-state index contributed by atoms with van der Waals surface area (Å²) in [5.74, 6) is 0.707. The molecule has 8 heteroatoms. The number of thiazole rings is 1. The number of aromatic nitrogens is 2. The topological polar surface area (TPSA) is 99.3 Å². The number of fused-ring (bicyclic) bond motifs is 1. The van der Waals surface area contributed by atoms with Gasteiger partial charge in [0.15, 0.2) is 5.78 Å². The Morgan fingerprint density at radius 2 is 1.85 bits per heavy atom. The zero-order valence-corrected chi connectivity index (χ0v) is 22.9. The summed E-state index contributed by atoms with van der Waals surface area (Å²) in [7, 11) is 1.90. The Hall–Kier alpha value is -4.84. The highest BCUT2D eigenvalue weighted by Gasteiger charge is 2.24. The number of pyridine rings is 1. The largest absolute Gasteiger partial charge is 0.461 e. The molecule has 2 aromatic heterocycles. The van der Waals surface area contributed by atoms with Crippen molar-refractivity contribution in [2.75, 3.05) is 25.1 Å². The van der Waals surface area contributed by atoms with Gasteiger partial charge in [0.1, 0.15) is 22.6 Å². The summed E-state index contributed by atoms with van der Waals surface area (Å²) in [6, 6.07) is 21.0. The summed E-state index contributed by atoms with van der Waals surface area (Å²) in [4.78, 5) is 24.7. The maximum atomic E-state index is 13.9. The number of anilines is 1. The van der Waals surface area contributed by atoms with Gasteiger partial charge in [0, 0.05) is 37.2 Å². The SMILES string of the molecule is CC1=C/C(=C(\C(=O)c2ccncc2)c2nc3ccccc3s2)C=C(/C(C#N)=C/c2ccc(N(C)CCO)cc2)O1. The third-order valence-corrected chi connectivity index (χ3v) is 7.40. The highest BCUT2D eigenvalue weighted by atomic mass is 32.1. The van der Waals surface area contributed by atoms with Crippen LogP contribution in [0.5, 0.6) is 0 Å². The number of aliphatic hydroxyl groups excluding tert-OH is 1. The predicted octanol–water partition coefficient (Wildman–Crippen LogP) is 6.18. The van der Waals surface area contributed by atoms with Crippen LogP contribution in [0.4, 0.5) is 5.69 Å². The number of nitriles is 1. The smallest absolute Gasteiger partial charge is 0.196 e. The second-order valence-electron chi connectivity index (χ2n) is 9.15. The lowest BCUT2D eigenvalue weighted by molar-refractivity contribution is 0.105. The molecule has 3 heterocycles. The first-order valence-electron chi connectivity index (χ1n) is 12.6. The van der Waals surface area contributed by atoms with Crippen LogP contribution in [-0.4, -0.2) is 41.1 Å². The Kier molecular flexibility index (Phi) is 7.97. The number of ether oxygens (including phenoxy) is 1. The number of benzene rings is 2. The number of allylic oxidation sites excluding steroid dienone is 6. The molecule has 0 atom stereocenters. The number of Topliss-reactive ketones (excluding diaryl/α,β-unsaturated/α-hetero) is 1. The van der Waals surface area contributed by atoms with Crippen molar-refractivity contribution >= 4 is 44.7 Å². The number of likely N-dealkylation sites (N-methyl/N-ethyl adjacent to an activating group) is 1. The van der Waals surface area contributed by atoms with Crippen LogP contribution in [0.1, 0.15) is 27.9 Å². The average Bonchev–Trinajstić information content (AvgIpc) is 3.40. The number of carbonyl (C=O) groups excluding carboxylic acids is 1. The first-order chi connectivity index (χ1) is 19.5. The number of aliphatic hydroxyl groups is 1. The number of carbonyl (C=O) groups is 1. The minimum Gasteiger partial charge on any atom is -0.461 e. The Labute approximate surface area is 236 Å². The fraction of sp³-hybridized carbons (Fsp3) is 0.125. The second-order valence-corrected chi connectivity index (χ2v) is 10.2. The van der Waals surface area contributed by atoms with Gasteiger partial charge < -0.3 is 14.7 Å². The van der Waals surface area contributed by atoms with Crippen LogP contribution >= 0.6 is 11.3 Å². The maximum Gasteiger partial charge on any atom is 0.196 e. The molecule has 7 nitrogen and oxygen atoms in total. The van der Waals surface area contributed by atoms with Crippen LogP contribution in [0.25, 0.3) is 21.9 Å². The van der Waals surface area contributed by atoms with E-state index >= 15 is 0 Å². The van der Waals surface area contributed by atoms with Gasteiger partial charge in [-0.3, -0.25) is 9.78 Å². The fourth-order valence-electron chi connectivity index (χ4n) is 4.32. The minimum atomic E-state index is -0.192. The van der Waals surface area contributed by atoms with Gasteiger partial charge in [-0.15, -0.1) is 11.3 Å². The molecule has 0 spiro atoms. The molecular formula is C32H26N4O3S. The zero-order chi connectivity index (χ0) is 28.1. The van der Waals surface area contributed by atoms with E-state index in [-0.39, 0.29) is 12.4 Å². The van der Waals surface area contributed by atoms with Crippen LogP contribution in [0.15, 0.2) is 108 Å². The lowest BCUT2D eigenvalue weighted by Gasteiger charge is -2.18. The summed E-state index contributed by atoms with van der Waals surface area (Å²) in [6.45, 7) is 2.38. The van der Waals surface area contributed by atoms with Crippen molar-refractivity contribution in [1.82, 2.24) is 9.97 Å². The first kappa shape index (κ1) is 26.8. The molecule has 0 fully saturated rings. The molecule has 4 aromatic rings. The van der Waals surface area contributed by atoms with Gasteiger partial charge in [0.2, 0.25) is 0 Å². The van der Waals surface area contributed by atoms with E-state index < -0.39 is 0 Å². The molecule has 5 rings (SSSR count). The lowest BCUT2D eigenvalue weighted by atomic mass is 9.96. The third kappa shape index (κ3) is 5.76. The van der Waals surface area contributed by atoms with Gasteiger partial charge in [-0.05, 0) is 72.7 Å². The normalized spacial score (nSPS) is 14.6. The molecule has 198 valence electrons. The van der Waals surface area contributed by atoms with E-state index in [9.17, 15) is 15.2 Å². The summed E-state index contributed by atoms with van der Waals surface area (Å²) < 4.78 is 6.96. The molecule has 0 saturated heterocycles. The molecule has 0 saturated carbocycles. The van der Waals surface area contributed by atoms with Crippen LogP contribution < -0.4 is 4.90 Å². The zero-order valence-electron chi connectivity index (χ0n) is 22.0. The molecule has 0 bridgehead atoms. The maximum absolute atomic E-state index is 13.9. The number of rotatable bonds is 8. The van der Waals surface area contributed by atoms with Gasteiger partial charge in [-0.2, -0.15) is 5.26 Å². The molecule has 1 aliphatic rings. The van der Waals surface area contributed by atoms with Gasteiger partial charge in [0.05, 0.1) is 28.0 Å². The molecule has 2 aromatic carbocycles. The van der Waals surface area contributed by atoms with E-state index in [1.54, 1.807) is 49.7 Å². The highest BCUT2D eigenvalue weighted by Crippen LogP contribution is 2.35. The van der Waals surface area contributed by atoms with E-state index in [1.807, 2.05) is 60.5 Å². The van der Waals surface area contributed by atoms with E-state index in [0.717, 1.165) is 21.5 Å². The first-order valence-corrected chi connectivity index (χ1v) is 13.5. The Bertz CT molecular complexity index is 1690. The Morgan fingerprint density at radius 1 is 1.10 bits per heavy atom. The molecular weight excluding hydrogens is 520 g/mol. The van der Waals surface area contributed by atoms with Crippen molar-refractivity contribution in [3.8, 4) is 6.07 Å². The minimum absolute atomic E-state index is 0.0631. The van der Waals surface area contributed by atoms with Crippen LogP contribution in [-0.2, 0) is 4.74 Å². The van der Waals surface area contributed by atoms with Gasteiger partial charge in [0.25, 0.3) is 0 Å². The Morgan fingerprint density at radius 3 is 2.55 bits per heavy atom. The summed E-state index contributed by atoms with van der Waals surface area (Å²) >= 11 is 1.44. The average molecular weight is 547 g/mol. The molecule has 0 radical (unpaired) electrons. The summed E-state index contributed by atoms with van der Waals surface area (Å²) in [5.41, 5.74) is 4.44. The predicted molar refractivity (Wildman–Crippen MR) is 158 cm³/mol. The van der Waals surface area contributed by atoms with E-state index in [2.05, 4.69) is 11.1 Å². The Balaban J connectivity index is 1.61. The van der Waals surface area contributed by atoms with E-state index in [4.69, 9.17) is 9.72 Å². The van der Waals surface area contributed by atoms with Crippen molar-refractivity contribution in [2.45, 2.75) is 6.92 Å². The van der Waals surface area contributed by atoms with Crippen LogP contribution in [0, 0.1) is 11.3 Å². The van der Waals surface area contributed by atoms with Crippen molar-refractivity contribution in [1.29, 1.82) is 5.26 Å². The quantitative estimate of drug-likeness (QED) is 0.160. The molecule has 0 aliphatic carbocycles. The molecule has 0 unspecified atom stereocenters. The number of para-hydroxylation sites is 1. The molecule has 1 aliphatic heterocycles. The highest BCUT2D eigenvalue weighted by molar-refractivity contribution is 7.19. The standard InChI is InChI=1S/C32H26N4O3S/c1-21-17-24(19-28(39-21)25(20-33)18-22-7-9-26(10-8-22)36(2)15-16-37)30(31(38)23-11-13-34-14-12-23)32-35-27-5-3-4-6-29(27)40-32/h3-14,17-19,37H,15-16H2,1-2H3/b25-18+,30-24-. The van der Waals surface area contributed by atoms with Gasteiger partial charge in [-0.25, -0.2) is 4.98 Å². The van der Waals surface area contributed by atoms with Gasteiger partial charge >= 0.3 is 0 Å². The number of ketones is 1. The van der Waals surface area contributed by atoms with Crippen molar-refractivity contribution < 1.29 is 14.6 Å². The van der Waals surface area contributed by atoms with Gasteiger partial charge in [-0.1, -0.05) is 24.3 Å². The second kappa shape index (κ2) is 11.9. The number of hydrogen-bond donors (Lipinski definition) is 1. The fourth-order valence-corrected chi connectivity index (χ4v) is 5.35. The number of hydrogen-bond acceptors (Lipinski definition) is 8. The van der Waals surface area contributed by atoms with Crippen LogP contribution in [0.3, 0.4) is 0 Å². The van der Waals surface area contributed by atoms with Crippen LogP contribution in [0.2, 0.25) is 0 Å². The molecule has 1 N–H and O–H groups in total. The van der Waals surface area contributed by atoms with E-state index in [0.29, 0.717) is 45.4 Å². The van der Waals surface area contributed by atoms with E-state index in [1.165, 1.54) is 11.3 Å². The number of nitrogens with zero attached hydrogens (tertiary/aromatic N) is 4. The third-order valence-electron chi connectivity index (χ3n) is 6.35. The summed E-state index contributed by atoms with van der Waals surface area (Å²) in [5, 5.41) is 19.9. The molecule has 40 heavy (non-hydrogen) atoms. The van der Waals surface area contributed by atoms with Crippen molar-refractivity contribution in [2.24, 2.45) is 0 Å². The molecule has 0 amide bonds. The van der Waals surface area contributed by atoms with Crippen molar-refractivity contribution in [3.63, 3.8) is 0 Å². The summed E-state index contributed by atoms with van der Waals surface area (Å²) in [6.07, 6.45) is 8.45. The lowest BCUT2D eigenvalue weighted by Crippen LogP contribution is -2.20. The van der Waals surface area contributed by atoms with Crippen molar-refractivity contribution in [3.05, 3.63) is 124 Å².